The van der Waals surface area contributed by atoms with E-state index in [4.69, 9.17) is 0 Å². The number of hydrogen-bond donors (Lipinski definition) is 2. The van der Waals surface area contributed by atoms with Gasteiger partial charge >= 0.3 is 6.03 Å². The van der Waals surface area contributed by atoms with Crippen molar-refractivity contribution in [2.75, 3.05) is 18.4 Å². The van der Waals surface area contributed by atoms with E-state index in [-0.39, 0.29) is 6.03 Å². The third kappa shape index (κ3) is 3.44. The zero-order chi connectivity index (χ0) is 15.4. The van der Waals surface area contributed by atoms with Gasteiger partial charge in [0, 0.05) is 24.3 Å². The first kappa shape index (κ1) is 14.6. The second-order valence-electron chi connectivity index (χ2n) is 5.66. The number of anilines is 1. The average molecular weight is 299 g/mol. The van der Waals surface area contributed by atoms with Gasteiger partial charge in [0.05, 0.1) is 0 Å². The summed E-state index contributed by atoms with van der Waals surface area (Å²) in [6, 6.07) is 7.60. The summed E-state index contributed by atoms with van der Waals surface area (Å²) >= 11 is 0. The van der Waals surface area contributed by atoms with E-state index in [0.717, 1.165) is 43.0 Å². The van der Waals surface area contributed by atoms with Crippen molar-refractivity contribution in [3.05, 3.63) is 30.1 Å². The van der Waals surface area contributed by atoms with Crippen molar-refractivity contribution >= 4 is 11.7 Å². The first-order chi connectivity index (χ1) is 10.7. The molecule has 0 radical (unpaired) electrons. The van der Waals surface area contributed by atoms with Gasteiger partial charge in [-0.05, 0) is 31.9 Å². The maximum absolute atomic E-state index is 12.3. The molecule has 2 aromatic rings. The number of aromatic amines is 1. The molecule has 0 unspecified atom stereocenters. The van der Waals surface area contributed by atoms with Crippen molar-refractivity contribution in [3.63, 3.8) is 0 Å². The molecule has 3 rings (SSSR count). The largest absolute Gasteiger partial charge is 0.325 e. The molecular formula is C16H21N5O. The average Bonchev–Trinajstić information content (AvgIpc) is 2.78. The highest BCUT2D eigenvalue weighted by Crippen LogP contribution is 2.20. The number of carbonyl (C=O) groups excluding carboxylic acids is 1. The van der Waals surface area contributed by atoms with Crippen LogP contribution in [0.15, 0.2) is 24.3 Å². The molecule has 1 aromatic carbocycles. The van der Waals surface area contributed by atoms with Gasteiger partial charge in [0.25, 0.3) is 0 Å². The first-order valence-corrected chi connectivity index (χ1v) is 7.78. The van der Waals surface area contributed by atoms with Crippen LogP contribution >= 0.6 is 0 Å². The highest BCUT2D eigenvalue weighted by atomic mass is 16.2. The molecule has 1 aromatic heterocycles. The van der Waals surface area contributed by atoms with E-state index in [9.17, 15) is 4.79 Å². The molecule has 2 N–H and O–H groups in total. The van der Waals surface area contributed by atoms with Crippen LogP contribution in [0.5, 0.6) is 0 Å². The van der Waals surface area contributed by atoms with Gasteiger partial charge in [-0.2, -0.15) is 5.10 Å². The fourth-order valence-electron chi connectivity index (χ4n) is 2.68. The number of aromatic nitrogens is 3. The third-order valence-electron chi connectivity index (χ3n) is 3.86. The highest BCUT2D eigenvalue weighted by Gasteiger charge is 2.15. The smallest absolute Gasteiger partial charge is 0.321 e. The van der Waals surface area contributed by atoms with Gasteiger partial charge in [0.2, 0.25) is 0 Å². The van der Waals surface area contributed by atoms with Gasteiger partial charge in [0.1, 0.15) is 5.82 Å². The van der Waals surface area contributed by atoms with Crippen molar-refractivity contribution in [2.24, 2.45) is 0 Å². The Morgan fingerprint density at radius 3 is 2.68 bits per heavy atom. The maximum Gasteiger partial charge on any atom is 0.321 e. The molecular weight excluding hydrogens is 278 g/mol. The summed E-state index contributed by atoms with van der Waals surface area (Å²) < 4.78 is 0. The van der Waals surface area contributed by atoms with Crippen molar-refractivity contribution in [2.45, 2.75) is 32.6 Å². The van der Waals surface area contributed by atoms with Crippen molar-refractivity contribution in [3.8, 4) is 11.4 Å². The zero-order valence-corrected chi connectivity index (χ0v) is 12.8. The molecule has 0 aliphatic carbocycles. The Morgan fingerprint density at radius 1 is 1.23 bits per heavy atom. The second-order valence-corrected chi connectivity index (χ2v) is 5.66. The molecule has 1 aliphatic rings. The number of benzene rings is 1. The molecule has 0 spiro atoms. The maximum atomic E-state index is 12.3. The quantitative estimate of drug-likeness (QED) is 0.894. The number of rotatable bonds is 2. The van der Waals surface area contributed by atoms with Crippen molar-refractivity contribution in [1.29, 1.82) is 0 Å². The van der Waals surface area contributed by atoms with E-state index in [2.05, 4.69) is 20.5 Å². The summed E-state index contributed by atoms with van der Waals surface area (Å²) in [6.45, 7) is 3.54. The van der Waals surface area contributed by atoms with Crippen LogP contribution in [0.3, 0.4) is 0 Å². The van der Waals surface area contributed by atoms with E-state index in [1.807, 2.05) is 36.1 Å². The molecule has 116 valence electrons. The Balaban J connectivity index is 1.71. The lowest BCUT2D eigenvalue weighted by atomic mass is 10.2. The monoisotopic (exact) mass is 299 g/mol. The molecule has 6 heteroatoms. The third-order valence-corrected chi connectivity index (χ3v) is 3.86. The fourth-order valence-corrected chi connectivity index (χ4v) is 2.68. The van der Waals surface area contributed by atoms with Crippen LogP contribution in [-0.4, -0.2) is 39.2 Å². The minimum Gasteiger partial charge on any atom is -0.325 e. The van der Waals surface area contributed by atoms with Crippen LogP contribution < -0.4 is 5.32 Å². The number of amides is 2. The van der Waals surface area contributed by atoms with Crippen molar-refractivity contribution < 1.29 is 4.79 Å². The molecule has 6 nitrogen and oxygen atoms in total. The normalized spacial score (nSPS) is 15.4. The zero-order valence-electron chi connectivity index (χ0n) is 12.8. The highest BCUT2D eigenvalue weighted by molar-refractivity contribution is 5.90. The molecule has 1 fully saturated rings. The van der Waals surface area contributed by atoms with Crippen LogP contribution in [0.2, 0.25) is 0 Å². The lowest BCUT2D eigenvalue weighted by molar-refractivity contribution is 0.214. The van der Waals surface area contributed by atoms with E-state index >= 15 is 0 Å². The summed E-state index contributed by atoms with van der Waals surface area (Å²) in [5.74, 6) is 1.41. The van der Waals surface area contributed by atoms with Crippen LogP contribution in [0.1, 0.15) is 31.5 Å². The Labute approximate surface area is 129 Å². The first-order valence-electron chi connectivity index (χ1n) is 7.78. The Hall–Kier alpha value is -2.37. The summed E-state index contributed by atoms with van der Waals surface area (Å²) in [6.07, 6.45) is 4.60. The second kappa shape index (κ2) is 6.60. The lowest BCUT2D eigenvalue weighted by Crippen LogP contribution is -2.35. The molecule has 0 atom stereocenters. The molecule has 0 saturated carbocycles. The summed E-state index contributed by atoms with van der Waals surface area (Å²) in [5, 5.41) is 9.96. The number of urea groups is 1. The number of hydrogen-bond acceptors (Lipinski definition) is 3. The van der Waals surface area contributed by atoms with Gasteiger partial charge in [-0.25, -0.2) is 9.78 Å². The molecule has 2 heterocycles. The van der Waals surface area contributed by atoms with Gasteiger partial charge < -0.3 is 10.2 Å². The summed E-state index contributed by atoms with van der Waals surface area (Å²) in [4.78, 5) is 18.6. The standard InChI is InChI=1S/C16H21N5O/c1-12-17-15(20-19-12)13-7-6-8-14(11-13)18-16(22)21-9-4-2-3-5-10-21/h6-8,11H,2-5,9-10H2,1H3,(H,18,22)(H,17,19,20). The Kier molecular flexibility index (Phi) is 4.37. The molecule has 1 aliphatic heterocycles. The lowest BCUT2D eigenvalue weighted by Gasteiger charge is -2.20. The van der Waals surface area contributed by atoms with E-state index in [1.54, 1.807) is 0 Å². The number of H-pyrrole nitrogens is 1. The number of carbonyl (C=O) groups is 1. The number of nitrogens with one attached hydrogen (secondary N) is 2. The van der Waals surface area contributed by atoms with Crippen LogP contribution in [0.25, 0.3) is 11.4 Å². The summed E-state index contributed by atoms with van der Waals surface area (Å²) in [5.41, 5.74) is 1.66. The molecule has 22 heavy (non-hydrogen) atoms. The van der Waals surface area contributed by atoms with Gasteiger partial charge in [-0.3, -0.25) is 5.10 Å². The van der Waals surface area contributed by atoms with Gasteiger partial charge in [0.15, 0.2) is 5.82 Å². The summed E-state index contributed by atoms with van der Waals surface area (Å²) in [7, 11) is 0. The van der Waals surface area contributed by atoms with E-state index in [0.29, 0.717) is 5.82 Å². The van der Waals surface area contributed by atoms with Crippen LogP contribution in [-0.2, 0) is 0 Å². The number of aryl methyl sites for hydroxylation is 1. The van der Waals surface area contributed by atoms with Gasteiger partial charge in [-0.15, -0.1) is 0 Å². The minimum absolute atomic E-state index is 0.0229. The topological polar surface area (TPSA) is 73.9 Å². The Morgan fingerprint density at radius 2 is 2.00 bits per heavy atom. The SMILES string of the molecule is Cc1nc(-c2cccc(NC(=O)N3CCCCCC3)c2)n[nH]1. The van der Waals surface area contributed by atoms with Crippen LogP contribution in [0, 0.1) is 6.92 Å². The fraction of sp³-hybridized carbons (Fsp3) is 0.438. The van der Waals surface area contributed by atoms with Gasteiger partial charge in [-0.1, -0.05) is 25.0 Å². The minimum atomic E-state index is -0.0229. The predicted molar refractivity (Wildman–Crippen MR) is 85.6 cm³/mol. The number of likely N-dealkylation sites (tertiary alicyclic amines) is 1. The molecule has 2 amide bonds. The predicted octanol–water partition coefficient (Wildman–Crippen LogP) is 3.19. The Bertz CT molecular complexity index is 643. The van der Waals surface area contributed by atoms with Crippen molar-refractivity contribution in [1.82, 2.24) is 20.1 Å². The van der Waals surface area contributed by atoms with E-state index < -0.39 is 0 Å². The molecule has 0 bridgehead atoms. The van der Waals surface area contributed by atoms with E-state index in [1.165, 1.54) is 12.8 Å². The van der Waals surface area contributed by atoms with Crippen LogP contribution in [0.4, 0.5) is 10.5 Å². The number of nitrogens with zero attached hydrogens (tertiary/aromatic N) is 3. The molecule has 1 saturated heterocycles.